The zero-order chi connectivity index (χ0) is 17.5. The van der Waals surface area contributed by atoms with Gasteiger partial charge in [-0.05, 0) is 18.2 Å². The molecule has 1 aliphatic heterocycles. The molecule has 9 heteroatoms. The fraction of sp³-hybridized carbons (Fsp3) is 0.400. The second-order valence-electron chi connectivity index (χ2n) is 5.87. The topological polar surface area (TPSA) is 93.7 Å². The molecule has 1 aromatic heterocycles. The number of aromatic amines is 1. The summed E-state index contributed by atoms with van der Waals surface area (Å²) in [6.07, 6.45) is 2.72. The Morgan fingerprint density at radius 1 is 1.29 bits per heavy atom. The fourth-order valence-electron chi connectivity index (χ4n) is 3.13. The average Bonchev–Trinajstić information content (AvgIpc) is 2.89. The molecule has 0 aliphatic carbocycles. The van der Waals surface area contributed by atoms with Crippen LogP contribution in [0.25, 0.3) is 10.9 Å². The molecule has 1 unspecified atom stereocenters. The first-order valence-electron chi connectivity index (χ1n) is 7.46. The Labute approximate surface area is 138 Å². The molecular weight excluding hydrogens is 337 g/mol. The minimum atomic E-state index is -3.28. The second kappa shape index (κ2) is 6.15. The van der Waals surface area contributed by atoms with E-state index in [9.17, 15) is 22.7 Å². The van der Waals surface area contributed by atoms with Crippen LogP contribution < -0.4 is 0 Å². The normalized spacial score (nSPS) is 18.8. The van der Waals surface area contributed by atoms with Gasteiger partial charge in [0.1, 0.15) is 11.9 Å². The van der Waals surface area contributed by atoms with Crippen LogP contribution in [0.5, 0.6) is 0 Å². The maximum absolute atomic E-state index is 13.3. The molecule has 24 heavy (non-hydrogen) atoms. The Bertz CT molecular complexity index is 872. The molecule has 1 aromatic carbocycles. The summed E-state index contributed by atoms with van der Waals surface area (Å²) in [7, 11) is -3.28. The number of hydrogen-bond donors (Lipinski definition) is 2. The molecule has 1 saturated heterocycles. The number of H-pyrrole nitrogens is 1. The number of fused-ring (bicyclic) bond motifs is 1. The molecule has 0 amide bonds. The Hall–Kier alpha value is -1.97. The third-order valence-corrected chi connectivity index (χ3v) is 5.61. The number of carboxylic acids is 1. The number of sulfonamides is 1. The first kappa shape index (κ1) is 16.9. The number of carbonyl (C=O) groups is 1. The van der Waals surface area contributed by atoms with E-state index in [4.69, 9.17) is 0 Å². The van der Waals surface area contributed by atoms with Crippen molar-refractivity contribution in [2.75, 3.05) is 32.4 Å². The molecule has 0 saturated carbocycles. The number of nitrogens with zero attached hydrogens (tertiary/aromatic N) is 2. The molecular formula is C15H18FN3O4S. The zero-order valence-corrected chi connectivity index (χ0v) is 13.9. The third kappa shape index (κ3) is 3.14. The fourth-order valence-corrected chi connectivity index (χ4v) is 3.95. The highest BCUT2D eigenvalue weighted by atomic mass is 32.2. The van der Waals surface area contributed by atoms with Crippen LogP contribution in [-0.4, -0.2) is 66.1 Å². The first-order chi connectivity index (χ1) is 11.3. The Morgan fingerprint density at radius 2 is 1.96 bits per heavy atom. The molecule has 2 heterocycles. The van der Waals surface area contributed by atoms with Crippen LogP contribution in [0.15, 0.2) is 24.4 Å². The summed E-state index contributed by atoms with van der Waals surface area (Å²) in [5.74, 6) is -1.42. The summed E-state index contributed by atoms with van der Waals surface area (Å²) < 4.78 is 37.8. The van der Waals surface area contributed by atoms with Gasteiger partial charge in [-0.1, -0.05) is 0 Å². The molecule has 0 spiro atoms. The van der Waals surface area contributed by atoms with E-state index in [0.29, 0.717) is 29.6 Å². The lowest BCUT2D eigenvalue weighted by atomic mass is 10.0. The molecule has 0 bridgehead atoms. The number of aromatic nitrogens is 1. The lowest BCUT2D eigenvalue weighted by molar-refractivity contribution is -0.144. The standard InChI is InChI=1S/C15H18FN3O4S/c1-24(22,23)19-6-4-18(5-7-19)14(15(20)21)12-9-17-13-8-10(16)2-3-11(12)13/h2-3,8-9,14,17H,4-7H2,1H3,(H,20,21). The van der Waals surface area contributed by atoms with Gasteiger partial charge in [0.25, 0.3) is 0 Å². The van der Waals surface area contributed by atoms with E-state index < -0.39 is 27.9 Å². The van der Waals surface area contributed by atoms with Crippen molar-refractivity contribution in [1.82, 2.24) is 14.2 Å². The predicted octanol–water partition coefficient (Wildman–Crippen LogP) is 1.01. The number of rotatable bonds is 4. The summed E-state index contributed by atoms with van der Waals surface area (Å²) in [5.41, 5.74) is 1.08. The molecule has 7 nitrogen and oxygen atoms in total. The first-order valence-corrected chi connectivity index (χ1v) is 9.31. The van der Waals surface area contributed by atoms with Crippen LogP contribution in [0, 0.1) is 5.82 Å². The van der Waals surface area contributed by atoms with Crippen molar-refractivity contribution in [3.8, 4) is 0 Å². The van der Waals surface area contributed by atoms with Gasteiger partial charge >= 0.3 is 5.97 Å². The van der Waals surface area contributed by atoms with Crippen LogP contribution in [0.1, 0.15) is 11.6 Å². The highest BCUT2D eigenvalue weighted by Crippen LogP contribution is 2.30. The highest BCUT2D eigenvalue weighted by molar-refractivity contribution is 7.88. The smallest absolute Gasteiger partial charge is 0.325 e. The number of nitrogens with one attached hydrogen (secondary N) is 1. The quantitative estimate of drug-likeness (QED) is 0.854. The molecule has 3 rings (SSSR count). The van der Waals surface area contributed by atoms with Gasteiger partial charge in [0.05, 0.1) is 6.26 Å². The number of aliphatic carboxylic acids is 1. The van der Waals surface area contributed by atoms with Gasteiger partial charge < -0.3 is 10.1 Å². The van der Waals surface area contributed by atoms with Crippen LogP contribution in [0.4, 0.5) is 4.39 Å². The van der Waals surface area contributed by atoms with Crippen LogP contribution in [0.2, 0.25) is 0 Å². The van der Waals surface area contributed by atoms with Crippen LogP contribution in [-0.2, 0) is 14.8 Å². The molecule has 1 aliphatic rings. The summed E-state index contributed by atoms with van der Waals surface area (Å²) in [5, 5.41) is 10.3. The molecule has 2 aromatic rings. The summed E-state index contributed by atoms with van der Waals surface area (Å²) in [4.78, 5) is 16.5. The van der Waals surface area contributed by atoms with E-state index in [0.717, 1.165) is 6.26 Å². The monoisotopic (exact) mass is 355 g/mol. The van der Waals surface area contributed by atoms with Crippen molar-refractivity contribution in [3.05, 3.63) is 35.8 Å². The van der Waals surface area contributed by atoms with Crippen molar-refractivity contribution in [1.29, 1.82) is 0 Å². The highest BCUT2D eigenvalue weighted by Gasteiger charge is 2.33. The minimum absolute atomic E-state index is 0.250. The van der Waals surface area contributed by atoms with Gasteiger partial charge in [-0.15, -0.1) is 0 Å². The zero-order valence-electron chi connectivity index (χ0n) is 13.1. The van der Waals surface area contributed by atoms with E-state index in [1.54, 1.807) is 17.2 Å². The van der Waals surface area contributed by atoms with E-state index in [2.05, 4.69) is 4.98 Å². The van der Waals surface area contributed by atoms with Crippen molar-refractivity contribution in [2.45, 2.75) is 6.04 Å². The van der Waals surface area contributed by atoms with Gasteiger partial charge in [-0.2, -0.15) is 4.31 Å². The Morgan fingerprint density at radius 3 is 2.54 bits per heavy atom. The van der Waals surface area contributed by atoms with Crippen LogP contribution in [0.3, 0.4) is 0 Å². The van der Waals surface area contributed by atoms with E-state index in [1.165, 1.54) is 16.4 Å². The van der Waals surface area contributed by atoms with Gasteiger partial charge in [0.2, 0.25) is 10.0 Å². The lowest BCUT2D eigenvalue weighted by Gasteiger charge is -2.36. The molecule has 1 atom stereocenters. The predicted molar refractivity (Wildman–Crippen MR) is 86.6 cm³/mol. The third-order valence-electron chi connectivity index (χ3n) is 4.31. The summed E-state index contributed by atoms with van der Waals surface area (Å²) in [6.45, 7) is 1.13. The SMILES string of the molecule is CS(=O)(=O)N1CCN(C(C(=O)O)c2c[nH]c3cc(F)ccc23)CC1. The van der Waals surface area contributed by atoms with Gasteiger partial charge in [-0.3, -0.25) is 9.69 Å². The Balaban J connectivity index is 1.89. The van der Waals surface area contributed by atoms with Gasteiger partial charge in [0, 0.05) is 48.8 Å². The molecule has 1 fully saturated rings. The Kier molecular flexibility index (Phi) is 4.33. The van der Waals surface area contributed by atoms with Crippen LogP contribution >= 0.6 is 0 Å². The molecule has 2 N–H and O–H groups in total. The second-order valence-corrected chi connectivity index (χ2v) is 7.86. The molecule has 130 valence electrons. The lowest BCUT2D eigenvalue weighted by Crippen LogP contribution is -2.50. The number of halogens is 1. The van der Waals surface area contributed by atoms with E-state index in [-0.39, 0.29) is 13.1 Å². The van der Waals surface area contributed by atoms with Crippen molar-refractivity contribution < 1.29 is 22.7 Å². The number of benzene rings is 1. The van der Waals surface area contributed by atoms with Gasteiger partial charge in [-0.25, -0.2) is 12.8 Å². The minimum Gasteiger partial charge on any atom is -0.480 e. The largest absolute Gasteiger partial charge is 0.480 e. The van der Waals surface area contributed by atoms with E-state index in [1.807, 2.05) is 0 Å². The average molecular weight is 355 g/mol. The van der Waals surface area contributed by atoms with Crippen molar-refractivity contribution in [2.24, 2.45) is 0 Å². The van der Waals surface area contributed by atoms with Gasteiger partial charge in [0.15, 0.2) is 0 Å². The van der Waals surface area contributed by atoms with Crippen molar-refractivity contribution >= 4 is 26.9 Å². The maximum Gasteiger partial charge on any atom is 0.325 e. The number of hydrogen-bond acceptors (Lipinski definition) is 4. The summed E-state index contributed by atoms with van der Waals surface area (Å²) in [6, 6.07) is 3.25. The van der Waals surface area contributed by atoms with Crippen molar-refractivity contribution in [3.63, 3.8) is 0 Å². The maximum atomic E-state index is 13.3. The molecule has 0 radical (unpaired) electrons. The number of piperazine rings is 1. The summed E-state index contributed by atoms with van der Waals surface area (Å²) >= 11 is 0. The number of carboxylic acid groups (broad SMARTS) is 1. The van der Waals surface area contributed by atoms with E-state index >= 15 is 0 Å².